The lowest BCUT2D eigenvalue weighted by Crippen LogP contribution is -2.17. The van der Waals surface area contributed by atoms with Crippen LogP contribution in [0, 0.1) is 0 Å². The second-order valence-corrected chi connectivity index (χ2v) is 4.41. The SMILES string of the molecule is CN(Cc1ccncc1)c1cc(CO)c(Cl)cn1. The van der Waals surface area contributed by atoms with Gasteiger partial charge in [0.1, 0.15) is 5.82 Å². The van der Waals surface area contributed by atoms with Gasteiger partial charge in [0.25, 0.3) is 0 Å². The quantitative estimate of drug-likeness (QED) is 0.919. The van der Waals surface area contributed by atoms with Crippen molar-refractivity contribution < 1.29 is 5.11 Å². The fourth-order valence-electron chi connectivity index (χ4n) is 1.64. The Kier molecular flexibility index (Phi) is 4.12. The highest BCUT2D eigenvalue weighted by Crippen LogP contribution is 2.20. The summed E-state index contributed by atoms with van der Waals surface area (Å²) in [6, 6.07) is 5.71. The summed E-state index contributed by atoms with van der Waals surface area (Å²) in [5.74, 6) is 0.778. The van der Waals surface area contributed by atoms with Gasteiger partial charge in [-0.1, -0.05) is 11.6 Å². The molecule has 0 radical (unpaired) electrons. The standard InChI is InChI=1S/C13H14ClN3O/c1-17(8-10-2-4-15-5-3-10)13-6-11(9-18)12(14)7-16-13/h2-7,18H,8-9H2,1H3. The van der Waals surface area contributed by atoms with Gasteiger partial charge in [0, 0.05) is 37.7 Å². The van der Waals surface area contributed by atoms with E-state index < -0.39 is 0 Å². The first-order chi connectivity index (χ1) is 8.70. The number of halogens is 1. The molecule has 0 unspecified atom stereocenters. The van der Waals surface area contributed by atoms with Crippen molar-refractivity contribution in [1.29, 1.82) is 0 Å². The lowest BCUT2D eigenvalue weighted by Gasteiger charge is -2.19. The number of aliphatic hydroxyl groups is 1. The Bertz CT molecular complexity index is 519. The largest absolute Gasteiger partial charge is 0.392 e. The lowest BCUT2D eigenvalue weighted by molar-refractivity contribution is 0.282. The van der Waals surface area contributed by atoms with E-state index in [0.29, 0.717) is 10.6 Å². The van der Waals surface area contributed by atoms with Crippen LogP contribution in [-0.4, -0.2) is 22.1 Å². The Hall–Kier alpha value is -1.65. The highest BCUT2D eigenvalue weighted by Gasteiger charge is 2.07. The molecule has 4 nitrogen and oxygen atoms in total. The predicted molar refractivity (Wildman–Crippen MR) is 71.5 cm³/mol. The van der Waals surface area contributed by atoms with Crippen molar-refractivity contribution in [3.8, 4) is 0 Å². The maximum Gasteiger partial charge on any atom is 0.128 e. The van der Waals surface area contributed by atoms with Gasteiger partial charge in [0.2, 0.25) is 0 Å². The minimum absolute atomic E-state index is 0.0859. The lowest BCUT2D eigenvalue weighted by atomic mass is 10.2. The van der Waals surface area contributed by atoms with Crippen molar-refractivity contribution in [2.24, 2.45) is 0 Å². The summed E-state index contributed by atoms with van der Waals surface area (Å²) < 4.78 is 0. The number of rotatable bonds is 4. The van der Waals surface area contributed by atoms with Crippen molar-refractivity contribution in [2.45, 2.75) is 13.2 Å². The second kappa shape index (κ2) is 5.80. The summed E-state index contributed by atoms with van der Waals surface area (Å²) in [6.07, 6.45) is 5.08. The van der Waals surface area contributed by atoms with Gasteiger partial charge in [-0.25, -0.2) is 4.98 Å². The predicted octanol–water partition coefficient (Wildman–Crippen LogP) is 2.26. The van der Waals surface area contributed by atoms with E-state index in [0.717, 1.165) is 17.9 Å². The van der Waals surface area contributed by atoms with Crippen LogP contribution < -0.4 is 4.90 Å². The summed E-state index contributed by atoms with van der Waals surface area (Å²) in [4.78, 5) is 10.2. The molecule has 0 aliphatic rings. The topological polar surface area (TPSA) is 49.2 Å². The number of anilines is 1. The average molecular weight is 264 g/mol. The molecule has 0 saturated heterocycles. The second-order valence-electron chi connectivity index (χ2n) is 4.00. The molecule has 0 aromatic carbocycles. The van der Waals surface area contributed by atoms with Gasteiger partial charge < -0.3 is 10.0 Å². The van der Waals surface area contributed by atoms with Gasteiger partial charge in [0.05, 0.1) is 11.6 Å². The van der Waals surface area contributed by atoms with Crippen LogP contribution in [0.2, 0.25) is 5.02 Å². The molecular formula is C13H14ClN3O. The number of hydrogen-bond acceptors (Lipinski definition) is 4. The first-order valence-electron chi connectivity index (χ1n) is 5.56. The smallest absolute Gasteiger partial charge is 0.128 e. The molecular weight excluding hydrogens is 250 g/mol. The molecule has 0 bridgehead atoms. The molecule has 2 rings (SSSR count). The molecule has 5 heteroatoms. The summed E-state index contributed by atoms with van der Waals surface area (Å²) in [5.41, 5.74) is 1.83. The Balaban J connectivity index is 2.16. The minimum Gasteiger partial charge on any atom is -0.392 e. The Morgan fingerprint density at radius 1 is 1.33 bits per heavy atom. The fourth-order valence-corrected chi connectivity index (χ4v) is 1.80. The van der Waals surface area contributed by atoms with E-state index in [1.165, 1.54) is 0 Å². The van der Waals surface area contributed by atoms with E-state index in [-0.39, 0.29) is 6.61 Å². The summed E-state index contributed by atoms with van der Waals surface area (Å²) in [5, 5.41) is 9.66. The summed E-state index contributed by atoms with van der Waals surface area (Å²) in [7, 11) is 1.94. The molecule has 0 aliphatic carbocycles. The van der Waals surface area contributed by atoms with Crippen LogP contribution in [0.4, 0.5) is 5.82 Å². The van der Waals surface area contributed by atoms with E-state index >= 15 is 0 Å². The van der Waals surface area contributed by atoms with Gasteiger partial charge in [-0.3, -0.25) is 4.98 Å². The van der Waals surface area contributed by atoms with E-state index in [1.807, 2.05) is 24.1 Å². The van der Waals surface area contributed by atoms with E-state index in [9.17, 15) is 5.11 Å². The van der Waals surface area contributed by atoms with Crippen LogP contribution in [0.5, 0.6) is 0 Å². The van der Waals surface area contributed by atoms with Gasteiger partial charge in [-0.2, -0.15) is 0 Å². The molecule has 0 saturated carbocycles. The summed E-state index contributed by atoms with van der Waals surface area (Å²) >= 11 is 5.91. The van der Waals surface area contributed by atoms with Crippen LogP contribution in [-0.2, 0) is 13.2 Å². The first kappa shape index (κ1) is 12.8. The zero-order valence-corrected chi connectivity index (χ0v) is 10.8. The molecule has 18 heavy (non-hydrogen) atoms. The van der Waals surface area contributed by atoms with Crippen molar-refractivity contribution in [1.82, 2.24) is 9.97 Å². The zero-order valence-electron chi connectivity index (χ0n) is 10.0. The number of pyridine rings is 2. The molecule has 0 fully saturated rings. The maximum atomic E-state index is 9.18. The Morgan fingerprint density at radius 2 is 2.06 bits per heavy atom. The third-order valence-corrected chi connectivity index (χ3v) is 2.99. The molecule has 94 valence electrons. The molecule has 0 spiro atoms. The third kappa shape index (κ3) is 2.97. The number of aromatic nitrogens is 2. The van der Waals surface area contributed by atoms with Gasteiger partial charge in [-0.15, -0.1) is 0 Å². The Labute approximate surface area is 111 Å². The number of hydrogen-bond donors (Lipinski definition) is 1. The van der Waals surface area contributed by atoms with E-state index in [1.54, 1.807) is 24.7 Å². The van der Waals surface area contributed by atoms with Crippen LogP contribution in [0.25, 0.3) is 0 Å². The van der Waals surface area contributed by atoms with Crippen molar-refractivity contribution >= 4 is 17.4 Å². The highest BCUT2D eigenvalue weighted by molar-refractivity contribution is 6.31. The number of nitrogens with zero attached hydrogens (tertiary/aromatic N) is 3. The first-order valence-corrected chi connectivity index (χ1v) is 5.94. The normalized spacial score (nSPS) is 10.4. The molecule has 0 amide bonds. The molecule has 0 atom stereocenters. The summed E-state index contributed by atoms with van der Waals surface area (Å²) in [6.45, 7) is 0.638. The number of aliphatic hydroxyl groups excluding tert-OH is 1. The molecule has 1 N–H and O–H groups in total. The third-order valence-electron chi connectivity index (χ3n) is 2.65. The molecule has 2 heterocycles. The van der Waals surface area contributed by atoms with Gasteiger partial charge in [0.15, 0.2) is 0 Å². The van der Waals surface area contributed by atoms with Crippen LogP contribution in [0.1, 0.15) is 11.1 Å². The highest BCUT2D eigenvalue weighted by atomic mass is 35.5. The van der Waals surface area contributed by atoms with Gasteiger partial charge >= 0.3 is 0 Å². The maximum absolute atomic E-state index is 9.18. The monoisotopic (exact) mass is 263 g/mol. The zero-order chi connectivity index (χ0) is 13.0. The molecule has 2 aromatic rings. The van der Waals surface area contributed by atoms with Crippen molar-refractivity contribution in [3.63, 3.8) is 0 Å². The van der Waals surface area contributed by atoms with E-state index in [4.69, 9.17) is 11.6 Å². The van der Waals surface area contributed by atoms with Gasteiger partial charge in [-0.05, 0) is 23.8 Å². The fraction of sp³-hybridized carbons (Fsp3) is 0.231. The average Bonchev–Trinajstić information content (AvgIpc) is 2.40. The van der Waals surface area contributed by atoms with Crippen LogP contribution in [0.3, 0.4) is 0 Å². The Morgan fingerprint density at radius 3 is 2.72 bits per heavy atom. The van der Waals surface area contributed by atoms with Crippen molar-refractivity contribution in [2.75, 3.05) is 11.9 Å². The van der Waals surface area contributed by atoms with Crippen LogP contribution in [0.15, 0.2) is 36.8 Å². The van der Waals surface area contributed by atoms with Crippen LogP contribution >= 0.6 is 11.6 Å². The minimum atomic E-state index is -0.0859. The van der Waals surface area contributed by atoms with E-state index in [2.05, 4.69) is 9.97 Å². The molecule has 2 aromatic heterocycles. The van der Waals surface area contributed by atoms with Crippen molar-refractivity contribution in [3.05, 3.63) is 52.9 Å². The molecule has 0 aliphatic heterocycles.